The van der Waals surface area contributed by atoms with Gasteiger partial charge in [0.25, 0.3) is 0 Å². The van der Waals surface area contributed by atoms with Gasteiger partial charge in [0, 0.05) is 29.5 Å². The largest absolute Gasteiger partial charge is 0.416 e. The molecule has 3 aromatic heterocycles. The molecule has 140 valence electrons. The first-order valence-electron chi connectivity index (χ1n) is 8.57. The van der Waals surface area contributed by atoms with Gasteiger partial charge in [0.2, 0.25) is 0 Å². The Morgan fingerprint density at radius 2 is 1.82 bits per heavy atom. The van der Waals surface area contributed by atoms with E-state index in [1.165, 1.54) is 6.20 Å². The average Bonchev–Trinajstić information content (AvgIpc) is 2.72. The Bertz CT molecular complexity index is 1110. The first-order valence-corrected chi connectivity index (χ1v) is 8.57. The summed E-state index contributed by atoms with van der Waals surface area (Å²) in [6, 6.07) is 14.9. The summed E-state index contributed by atoms with van der Waals surface area (Å²) in [5.74, 6) is 0. The minimum atomic E-state index is -4.42. The van der Waals surface area contributed by atoms with Gasteiger partial charge in [-0.1, -0.05) is 24.3 Å². The van der Waals surface area contributed by atoms with E-state index in [-0.39, 0.29) is 5.69 Å². The minimum Gasteiger partial charge on any atom is -0.378 e. The summed E-state index contributed by atoms with van der Waals surface area (Å²) >= 11 is 0. The summed E-state index contributed by atoms with van der Waals surface area (Å²) in [6.45, 7) is 0.464. The van der Waals surface area contributed by atoms with E-state index in [4.69, 9.17) is 0 Å². The number of anilines is 1. The Morgan fingerprint density at radius 3 is 2.61 bits per heavy atom. The molecule has 0 bridgehead atoms. The Hall–Kier alpha value is -3.48. The number of pyridine rings is 3. The number of rotatable bonds is 4. The van der Waals surface area contributed by atoms with Crippen LogP contribution in [0.1, 0.15) is 11.3 Å². The molecule has 0 amide bonds. The van der Waals surface area contributed by atoms with E-state index in [0.29, 0.717) is 17.6 Å². The highest BCUT2D eigenvalue weighted by Gasteiger charge is 2.30. The summed E-state index contributed by atoms with van der Waals surface area (Å²) in [7, 11) is 0. The van der Waals surface area contributed by atoms with Crippen LogP contribution in [-0.2, 0) is 12.7 Å². The maximum atomic E-state index is 13.1. The van der Waals surface area contributed by atoms with Gasteiger partial charge in [0.05, 0.1) is 34.7 Å². The molecular weight excluding hydrogens is 365 g/mol. The lowest BCUT2D eigenvalue weighted by atomic mass is 10.0. The van der Waals surface area contributed by atoms with Gasteiger partial charge in [0.1, 0.15) is 0 Å². The van der Waals surface area contributed by atoms with Crippen LogP contribution >= 0.6 is 0 Å². The Labute approximate surface area is 159 Å². The highest BCUT2D eigenvalue weighted by molar-refractivity contribution is 5.92. The average molecular weight is 380 g/mol. The van der Waals surface area contributed by atoms with Crippen molar-refractivity contribution in [2.75, 3.05) is 5.32 Å². The normalized spacial score (nSPS) is 11.5. The summed E-state index contributed by atoms with van der Waals surface area (Å²) in [5, 5.41) is 4.06. The molecule has 0 radical (unpaired) electrons. The summed E-state index contributed by atoms with van der Waals surface area (Å²) < 4.78 is 39.2. The number of hydrogen-bond donors (Lipinski definition) is 1. The second kappa shape index (κ2) is 7.26. The number of nitrogens with one attached hydrogen (secondary N) is 1. The van der Waals surface area contributed by atoms with E-state index >= 15 is 0 Å². The van der Waals surface area contributed by atoms with Crippen molar-refractivity contribution in [3.05, 3.63) is 84.4 Å². The molecule has 0 atom stereocenters. The number of nitrogens with zero attached hydrogens (tertiary/aromatic N) is 3. The molecule has 0 saturated heterocycles. The third kappa shape index (κ3) is 3.78. The monoisotopic (exact) mass is 380 g/mol. The van der Waals surface area contributed by atoms with E-state index < -0.39 is 11.7 Å². The SMILES string of the molecule is FC(F)(F)c1ccnc(-c2cccc3ccc(CNc4cccnc4)nc23)c1. The van der Waals surface area contributed by atoms with Crippen LogP contribution in [-0.4, -0.2) is 15.0 Å². The van der Waals surface area contributed by atoms with Crippen LogP contribution < -0.4 is 5.32 Å². The standard InChI is InChI=1S/C21H15F3N4/c22-21(23,24)15-8-10-26-19(11-15)18-5-1-3-14-6-7-17(28-20(14)18)13-27-16-4-2-9-25-12-16/h1-12,27H,13H2. The molecule has 1 N–H and O–H groups in total. The van der Waals surface area contributed by atoms with Gasteiger partial charge in [-0.3, -0.25) is 15.0 Å². The maximum Gasteiger partial charge on any atom is 0.416 e. The van der Waals surface area contributed by atoms with E-state index in [0.717, 1.165) is 28.9 Å². The zero-order chi connectivity index (χ0) is 19.6. The highest BCUT2D eigenvalue weighted by Crippen LogP contribution is 2.33. The van der Waals surface area contributed by atoms with Crippen molar-refractivity contribution < 1.29 is 13.2 Å². The molecule has 0 aliphatic carbocycles. The van der Waals surface area contributed by atoms with Gasteiger partial charge in [-0.25, -0.2) is 0 Å². The molecule has 4 nitrogen and oxygen atoms in total. The predicted octanol–water partition coefficient (Wildman–Crippen LogP) is 5.32. The van der Waals surface area contributed by atoms with Crippen molar-refractivity contribution in [1.29, 1.82) is 0 Å². The Morgan fingerprint density at radius 1 is 0.929 bits per heavy atom. The maximum absolute atomic E-state index is 13.1. The van der Waals surface area contributed by atoms with Gasteiger partial charge in [-0.05, 0) is 30.3 Å². The topological polar surface area (TPSA) is 50.7 Å². The Kier molecular flexibility index (Phi) is 4.65. The van der Waals surface area contributed by atoms with E-state index in [1.807, 2.05) is 30.3 Å². The molecular formula is C21H15F3N4. The molecule has 0 spiro atoms. The molecule has 0 unspecified atom stereocenters. The van der Waals surface area contributed by atoms with Crippen molar-refractivity contribution in [3.8, 4) is 11.3 Å². The summed E-state index contributed by atoms with van der Waals surface area (Å²) in [6.07, 6.45) is 0.145. The zero-order valence-corrected chi connectivity index (χ0v) is 14.6. The summed E-state index contributed by atoms with van der Waals surface area (Å²) in [4.78, 5) is 12.8. The van der Waals surface area contributed by atoms with Gasteiger partial charge in [0.15, 0.2) is 0 Å². The fourth-order valence-electron chi connectivity index (χ4n) is 2.91. The minimum absolute atomic E-state index is 0.241. The molecule has 0 aliphatic rings. The zero-order valence-electron chi connectivity index (χ0n) is 14.6. The van der Waals surface area contributed by atoms with Crippen LogP contribution in [0.3, 0.4) is 0 Å². The molecule has 3 heterocycles. The predicted molar refractivity (Wildman–Crippen MR) is 102 cm³/mol. The molecule has 4 rings (SSSR count). The second-order valence-corrected chi connectivity index (χ2v) is 6.20. The fraction of sp³-hybridized carbons (Fsp3) is 0.0952. The van der Waals surface area contributed by atoms with Gasteiger partial charge < -0.3 is 5.32 Å². The number of para-hydroxylation sites is 1. The third-order valence-corrected chi connectivity index (χ3v) is 4.28. The van der Waals surface area contributed by atoms with E-state index in [1.54, 1.807) is 24.5 Å². The van der Waals surface area contributed by atoms with Crippen molar-refractivity contribution >= 4 is 16.6 Å². The van der Waals surface area contributed by atoms with Crippen molar-refractivity contribution in [2.45, 2.75) is 12.7 Å². The van der Waals surface area contributed by atoms with E-state index in [2.05, 4.69) is 20.3 Å². The van der Waals surface area contributed by atoms with Crippen LogP contribution in [0.2, 0.25) is 0 Å². The van der Waals surface area contributed by atoms with Crippen LogP contribution in [0, 0.1) is 0 Å². The lowest BCUT2D eigenvalue weighted by Gasteiger charge is -2.11. The number of alkyl halides is 3. The van der Waals surface area contributed by atoms with E-state index in [9.17, 15) is 13.2 Å². The number of aromatic nitrogens is 3. The van der Waals surface area contributed by atoms with Crippen molar-refractivity contribution in [2.24, 2.45) is 0 Å². The van der Waals surface area contributed by atoms with Gasteiger partial charge in [-0.2, -0.15) is 13.2 Å². The number of halogens is 3. The molecule has 0 aliphatic heterocycles. The van der Waals surface area contributed by atoms with Crippen LogP contribution in [0.15, 0.2) is 73.2 Å². The van der Waals surface area contributed by atoms with Crippen molar-refractivity contribution in [3.63, 3.8) is 0 Å². The number of hydrogen-bond acceptors (Lipinski definition) is 4. The quantitative estimate of drug-likeness (QED) is 0.520. The third-order valence-electron chi connectivity index (χ3n) is 4.28. The highest BCUT2D eigenvalue weighted by atomic mass is 19.4. The van der Waals surface area contributed by atoms with Crippen LogP contribution in [0.4, 0.5) is 18.9 Å². The smallest absolute Gasteiger partial charge is 0.378 e. The van der Waals surface area contributed by atoms with Gasteiger partial charge >= 0.3 is 6.18 Å². The first-order chi connectivity index (χ1) is 13.5. The van der Waals surface area contributed by atoms with Crippen LogP contribution in [0.5, 0.6) is 0 Å². The molecule has 0 saturated carbocycles. The molecule has 7 heteroatoms. The molecule has 0 fully saturated rings. The fourth-order valence-corrected chi connectivity index (χ4v) is 2.91. The van der Waals surface area contributed by atoms with Crippen LogP contribution in [0.25, 0.3) is 22.2 Å². The lowest BCUT2D eigenvalue weighted by Crippen LogP contribution is -2.05. The lowest BCUT2D eigenvalue weighted by molar-refractivity contribution is -0.137. The first kappa shape index (κ1) is 17.9. The molecule has 1 aromatic carbocycles. The Balaban J connectivity index is 1.71. The summed E-state index contributed by atoms with van der Waals surface area (Å²) in [5.41, 5.74) is 2.30. The number of fused-ring (bicyclic) bond motifs is 1. The second-order valence-electron chi connectivity index (χ2n) is 6.20. The number of benzene rings is 1. The molecule has 4 aromatic rings. The molecule has 28 heavy (non-hydrogen) atoms. The van der Waals surface area contributed by atoms with Crippen molar-refractivity contribution in [1.82, 2.24) is 15.0 Å². The van der Waals surface area contributed by atoms with Gasteiger partial charge in [-0.15, -0.1) is 0 Å².